The quantitative estimate of drug-likeness (QED) is 0.313. The van der Waals surface area contributed by atoms with Crippen LogP contribution >= 0.6 is 0 Å². The van der Waals surface area contributed by atoms with Crippen LogP contribution in [0.5, 0.6) is 0 Å². The van der Waals surface area contributed by atoms with Gasteiger partial charge in [-0.1, -0.05) is 54.6 Å². The molecule has 0 spiro atoms. The molecule has 0 fully saturated rings. The summed E-state index contributed by atoms with van der Waals surface area (Å²) in [5, 5.41) is 4.89. The highest BCUT2D eigenvalue weighted by atomic mass is 16.3. The van der Waals surface area contributed by atoms with Gasteiger partial charge < -0.3 is 8.98 Å². The predicted octanol–water partition coefficient (Wildman–Crippen LogP) is 6.99. The second-order valence-corrected chi connectivity index (χ2v) is 7.10. The fourth-order valence-corrected chi connectivity index (χ4v) is 4.27. The van der Waals surface area contributed by atoms with Crippen LogP contribution in [0.4, 0.5) is 0 Å². The van der Waals surface area contributed by atoms with Gasteiger partial charge in [-0.05, 0) is 42.8 Å². The van der Waals surface area contributed by atoms with Gasteiger partial charge in [-0.3, -0.25) is 0 Å². The summed E-state index contributed by atoms with van der Waals surface area (Å²) in [5.74, 6) is 0. The zero-order valence-corrected chi connectivity index (χ0v) is 14.9. The normalized spacial score (nSPS) is 11.9. The Hall–Kier alpha value is -3.52. The zero-order chi connectivity index (χ0) is 18.0. The summed E-state index contributed by atoms with van der Waals surface area (Å²) in [7, 11) is 0. The Bertz CT molecular complexity index is 1430. The van der Waals surface area contributed by atoms with Gasteiger partial charge in [-0.2, -0.15) is 0 Å². The van der Waals surface area contributed by atoms with Crippen molar-refractivity contribution < 1.29 is 4.42 Å². The molecule has 128 valence electrons. The summed E-state index contributed by atoms with van der Waals surface area (Å²) >= 11 is 0. The van der Waals surface area contributed by atoms with E-state index in [1.165, 1.54) is 32.8 Å². The second-order valence-electron chi connectivity index (χ2n) is 7.10. The highest BCUT2D eigenvalue weighted by Gasteiger charge is 2.14. The second kappa shape index (κ2) is 5.24. The van der Waals surface area contributed by atoms with Crippen LogP contribution in [0.3, 0.4) is 0 Å². The Kier molecular flexibility index (Phi) is 2.84. The van der Waals surface area contributed by atoms with Gasteiger partial charge >= 0.3 is 0 Å². The fourth-order valence-electron chi connectivity index (χ4n) is 4.27. The fraction of sp³-hybridized carbons (Fsp3) is 0.0400. The monoisotopic (exact) mass is 347 g/mol. The Balaban J connectivity index is 1.75. The molecule has 27 heavy (non-hydrogen) atoms. The molecule has 2 aromatic heterocycles. The molecule has 2 heterocycles. The first-order valence-electron chi connectivity index (χ1n) is 9.22. The van der Waals surface area contributed by atoms with Gasteiger partial charge in [-0.25, -0.2) is 0 Å². The van der Waals surface area contributed by atoms with E-state index in [-0.39, 0.29) is 0 Å². The largest absolute Gasteiger partial charge is 0.456 e. The number of nitrogens with zero attached hydrogens (tertiary/aromatic N) is 1. The first-order valence-corrected chi connectivity index (χ1v) is 9.22. The van der Waals surface area contributed by atoms with Crippen molar-refractivity contribution in [3.8, 4) is 5.69 Å². The number of aromatic nitrogens is 1. The summed E-state index contributed by atoms with van der Waals surface area (Å²) < 4.78 is 8.47. The summed E-state index contributed by atoms with van der Waals surface area (Å²) in [6.45, 7) is 2.10. The van der Waals surface area contributed by atoms with E-state index in [0.29, 0.717) is 0 Å². The first kappa shape index (κ1) is 14.6. The molecule has 0 unspecified atom stereocenters. The molecule has 0 aliphatic heterocycles. The van der Waals surface area contributed by atoms with Gasteiger partial charge in [0, 0.05) is 27.2 Å². The van der Waals surface area contributed by atoms with Gasteiger partial charge in [0.2, 0.25) is 0 Å². The summed E-state index contributed by atoms with van der Waals surface area (Å²) in [5.41, 5.74) is 6.69. The third kappa shape index (κ3) is 1.95. The van der Waals surface area contributed by atoms with Gasteiger partial charge in [0.25, 0.3) is 0 Å². The van der Waals surface area contributed by atoms with E-state index in [4.69, 9.17) is 4.42 Å². The van der Waals surface area contributed by atoms with Crippen molar-refractivity contribution in [3.05, 3.63) is 90.5 Å². The van der Waals surface area contributed by atoms with E-state index in [0.717, 1.165) is 22.2 Å². The Morgan fingerprint density at radius 1 is 0.630 bits per heavy atom. The van der Waals surface area contributed by atoms with Crippen molar-refractivity contribution in [2.75, 3.05) is 0 Å². The maximum absolute atomic E-state index is 6.12. The van der Waals surface area contributed by atoms with Crippen molar-refractivity contribution in [2.24, 2.45) is 0 Å². The van der Waals surface area contributed by atoms with Crippen molar-refractivity contribution in [1.82, 2.24) is 4.57 Å². The minimum atomic E-state index is 0.934. The molecule has 0 bridgehead atoms. The minimum absolute atomic E-state index is 0.934. The van der Waals surface area contributed by atoms with Gasteiger partial charge in [-0.15, -0.1) is 0 Å². The van der Waals surface area contributed by atoms with Crippen LogP contribution in [0.15, 0.2) is 89.3 Å². The van der Waals surface area contributed by atoms with Crippen molar-refractivity contribution in [2.45, 2.75) is 6.92 Å². The van der Waals surface area contributed by atoms with E-state index >= 15 is 0 Å². The highest BCUT2D eigenvalue weighted by Crippen LogP contribution is 2.35. The Morgan fingerprint density at radius 3 is 2.04 bits per heavy atom. The number of fused-ring (bicyclic) bond motifs is 6. The molecular formula is C25H17NO. The molecular weight excluding hydrogens is 330 g/mol. The molecule has 6 rings (SSSR count). The lowest BCUT2D eigenvalue weighted by atomic mass is 10.1. The minimum Gasteiger partial charge on any atom is -0.456 e. The molecule has 0 aliphatic rings. The Morgan fingerprint density at radius 2 is 1.30 bits per heavy atom. The topological polar surface area (TPSA) is 18.1 Å². The highest BCUT2D eigenvalue weighted by molar-refractivity contribution is 6.10. The van der Waals surface area contributed by atoms with Gasteiger partial charge in [0.15, 0.2) is 0 Å². The van der Waals surface area contributed by atoms with Crippen LogP contribution in [0.2, 0.25) is 0 Å². The molecule has 0 N–H and O–H groups in total. The maximum atomic E-state index is 6.12. The molecule has 6 aromatic rings. The molecule has 0 atom stereocenters. The lowest BCUT2D eigenvalue weighted by molar-refractivity contribution is 0.665. The summed E-state index contributed by atoms with van der Waals surface area (Å²) in [6, 6.07) is 30.0. The average molecular weight is 347 g/mol. The third-order valence-electron chi connectivity index (χ3n) is 5.52. The van der Waals surface area contributed by atoms with Crippen LogP contribution in [-0.4, -0.2) is 4.57 Å². The maximum Gasteiger partial charge on any atom is 0.138 e. The summed E-state index contributed by atoms with van der Waals surface area (Å²) in [6.07, 6.45) is 0. The van der Waals surface area contributed by atoms with Crippen LogP contribution < -0.4 is 0 Å². The summed E-state index contributed by atoms with van der Waals surface area (Å²) in [4.78, 5) is 0. The smallest absolute Gasteiger partial charge is 0.138 e. The van der Waals surface area contributed by atoms with E-state index in [1.807, 2.05) is 0 Å². The van der Waals surface area contributed by atoms with Gasteiger partial charge in [0.1, 0.15) is 11.2 Å². The third-order valence-corrected chi connectivity index (χ3v) is 5.52. The first-order chi connectivity index (χ1) is 13.3. The van der Waals surface area contributed by atoms with E-state index in [2.05, 4.69) is 96.4 Å². The predicted molar refractivity (Wildman–Crippen MR) is 113 cm³/mol. The Labute approximate surface area is 156 Å². The zero-order valence-electron chi connectivity index (χ0n) is 14.9. The molecule has 2 nitrogen and oxygen atoms in total. The van der Waals surface area contributed by atoms with Crippen LogP contribution in [-0.2, 0) is 0 Å². The van der Waals surface area contributed by atoms with Crippen molar-refractivity contribution >= 4 is 43.7 Å². The SMILES string of the molecule is Cc1cccc2c1oc1ccc(-n3c4ccccc4c4ccccc43)cc12. The molecule has 0 radical (unpaired) electrons. The van der Waals surface area contributed by atoms with E-state index in [9.17, 15) is 0 Å². The molecule has 4 aromatic carbocycles. The van der Waals surface area contributed by atoms with Crippen molar-refractivity contribution in [3.63, 3.8) is 0 Å². The number of hydrogen-bond acceptors (Lipinski definition) is 1. The number of aryl methyl sites for hydroxylation is 1. The average Bonchev–Trinajstić information content (AvgIpc) is 3.24. The number of furan rings is 1. The van der Waals surface area contributed by atoms with Crippen LogP contribution in [0.1, 0.15) is 5.56 Å². The lowest BCUT2D eigenvalue weighted by Crippen LogP contribution is -1.93. The van der Waals surface area contributed by atoms with E-state index < -0.39 is 0 Å². The van der Waals surface area contributed by atoms with Gasteiger partial charge in [0.05, 0.1) is 11.0 Å². The van der Waals surface area contributed by atoms with Crippen LogP contribution in [0.25, 0.3) is 49.4 Å². The van der Waals surface area contributed by atoms with Crippen molar-refractivity contribution in [1.29, 1.82) is 0 Å². The lowest BCUT2D eigenvalue weighted by Gasteiger charge is -2.07. The molecule has 0 aliphatic carbocycles. The number of rotatable bonds is 1. The van der Waals surface area contributed by atoms with E-state index in [1.54, 1.807) is 0 Å². The molecule has 2 heteroatoms. The molecule has 0 saturated heterocycles. The number of para-hydroxylation sites is 3. The van der Waals surface area contributed by atoms with Crippen LogP contribution in [0, 0.1) is 6.92 Å². The molecule has 0 amide bonds. The molecule has 0 saturated carbocycles. The number of hydrogen-bond donors (Lipinski definition) is 0. The number of benzene rings is 4. The standard InChI is InChI=1S/C25H17NO/c1-16-7-6-10-20-21-15-17(13-14-24(21)27-25(16)20)26-22-11-4-2-8-18(22)19-9-3-5-12-23(19)26/h2-15H,1H3.